The Hall–Kier alpha value is -4.08. The van der Waals surface area contributed by atoms with Gasteiger partial charge in [0.15, 0.2) is 0 Å². The minimum atomic E-state index is -4.52. The predicted octanol–water partition coefficient (Wildman–Crippen LogP) is 4.91. The first-order chi connectivity index (χ1) is 15.2. The molecule has 0 aliphatic heterocycles. The van der Waals surface area contributed by atoms with Gasteiger partial charge in [-0.25, -0.2) is 4.98 Å². The lowest BCUT2D eigenvalue weighted by atomic mass is 10.2. The van der Waals surface area contributed by atoms with Crippen LogP contribution < -0.4 is 10.6 Å². The van der Waals surface area contributed by atoms with E-state index in [1.54, 1.807) is 28.8 Å². The van der Waals surface area contributed by atoms with Crippen molar-refractivity contribution < 1.29 is 27.2 Å². The fourth-order valence-corrected chi connectivity index (χ4v) is 3.20. The number of carbonyl (C=O) groups excluding carboxylic acids is 2. The maximum absolute atomic E-state index is 13.1. The number of alkyl halides is 3. The second-order valence-electron chi connectivity index (χ2n) is 7.01. The van der Waals surface area contributed by atoms with E-state index in [4.69, 9.17) is 4.42 Å². The summed E-state index contributed by atoms with van der Waals surface area (Å²) in [4.78, 5) is 28.1. The molecule has 164 valence electrons. The van der Waals surface area contributed by atoms with Crippen LogP contribution in [0.5, 0.6) is 0 Å². The molecule has 2 amide bonds. The highest BCUT2D eigenvalue weighted by Gasteiger charge is 2.31. The number of benzene rings is 2. The number of aromatic nitrogens is 2. The van der Waals surface area contributed by atoms with E-state index >= 15 is 0 Å². The van der Waals surface area contributed by atoms with Crippen LogP contribution in [0.25, 0.3) is 11.0 Å². The first-order valence-electron chi connectivity index (χ1n) is 9.49. The number of imidazole rings is 1. The number of nitrogens with zero attached hydrogens (tertiary/aromatic N) is 2. The third-order valence-electron chi connectivity index (χ3n) is 4.66. The van der Waals surface area contributed by atoms with Gasteiger partial charge in [0.05, 0.1) is 29.4 Å². The van der Waals surface area contributed by atoms with Crippen LogP contribution in [-0.2, 0) is 17.5 Å². The molecule has 0 aliphatic carbocycles. The molecule has 4 aromatic rings. The van der Waals surface area contributed by atoms with Crippen molar-refractivity contribution in [2.24, 2.45) is 0 Å². The van der Waals surface area contributed by atoms with E-state index in [0.29, 0.717) is 17.0 Å². The molecule has 32 heavy (non-hydrogen) atoms. The van der Waals surface area contributed by atoms with Gasteiger partial charge in [0.25, 0.3) is 5.91 Å². The van der Waals surface area contributed by atoms with Crippen LogP contribution in [0.4, 0.5) is 24.8 Å². The number of hydrogen-bond donors (Lipinski definition) is 2. The predicted molar refractivity (Wildman–Crippen MR) is 111 cm³/mol. The molecule has 2 aromatic carbocycles. The summed E-state index contributed by atoms with van der Waals surface area (Å²) < 4.78 is 46.3. The molecule has 10 heteroatoms. The van der Waals surface area contributed by atoms with Crippen LogP contribution >= 0.6 is 0 Å². The van der Waals surface area contributed by atoms with Gasteiger partial charge < -0.3 is 14.3 Å². The third kappa shape index (κ3) is 4.48. The van der Waals surface area contributed by atoms with Crippen molar-refractivity contribution in [3.63, 3.8) is 0 Å². The average molecular weight is 442 g/mol. The van der Waals surface area contributed by atoms with Gasteiger partial charge in [-0.15, -0.1) is 0 Å². The van der Waals surface area contributed by atoms with E-state index in [1.807, 2.05) is 0 Å². The van der Waals surface area contributed by atoms with E-state index in [0.717, 1.165) is 12.1 Å². The van der Waals surface area contributed by atoms with Gasteiger partial charge in [-0.05, 0) is 54.6 Å². The zero-order valence-electron chi connectivity index (χ0n) is 16.7. The lowest BCUT2D eigenvalue weighted by Crippen LogP contribution is -2.16. The molecule has 0 spiro atoms. The highest BCUT2D eigenvalue weighted by atomic mass is 19.4. The SMILES string of the molecule is CC(=O)Nc1ccc(C(=O)Nc2nc3cc(C(F)(F)F)ccc3n2Cc2ccco2)cc1. The van der Waals surface area contributed by atoms with Crippen molar-refractivity contribution in [2.75, 3.05) is 10.6 Å². The number of nitrogens with one attached hydrogen (secondary N) is 2. The fraction of sp³-hybridized carbons (Fsp3) is 0.136. The van der Waals surface area contributed by atoms with Crippen LogP contribution in [0.3, 0.4) is 0 Å². The summed E-state index contributed by atoms with van der Waals surface area (Å²) in [5.74, 6) is -0.135. The molecule has 0 saturated carbocycles. The quantitative estimate of drug-likeness (QED) is 0.460. The minimum Gasteiger partial charge on any atom is -0.467 e. The lowest BCUT2D eigenvalue weighted by Gasteiger charge is -2.10. The molecule has 0 bridgehead atoms. The Morgan fingerprint density at radius 3 is 2.44 bits per heavy atom. The molecule has 0 aliphatic rings. The molecule has 2 N–H and O–H groups in total. The molecule has 0 unspecified atom stereocenters. The number of carbonyl (C=O) groups is 2. The molecule has 7 nitrogen and oxygen atoms in total. The lowest BCUT2D eigenvalue weighted by molar-refractivity contribution is -0.137. The molecule has 2 heterocycles. The summed E-state index contributed by atoms with van der Waals surface area (Å²) in [7, 11) is 0. The number of fused-ring (bicyclic) bond motifs is 1. The van der Waals surface area contributed by atoms with Crippen molar-refractivity contribution >= 4 is 34.5 Å². The Kier molecular flexibility index (Phi) is 5.43. The van der Waals surface area contributed by atoms with Gasteiger partial charge in [0.1, 0.15) is 5.76 Å². The maximum atomic E-state index is 13.1. The Bertz CT molecular complexity index is 1280. The fourth-order valence-electron chi connectivity index (χ4n) is 3.20. The molecule has 0 fully saturated rings. The smallest absolute Gasteiger partial charge is 0.416 e. The zero-order chi connectivity index (χ0) is 22.9. The van der Waals surface area contributed by atoms with Crippen molar-refractivity contribution in [3.05, 3.63) is 77.7 Å². The van der Waals surface area contributed by atoms with Gasteiger partial charge >= 0.3 is 6.18 Å². The summed E-state index contributed by atoms with van der Waals surface area (Å²) >= 11 is 0. The molecule has 2 aromatic heterocycles. The van der Waals surface area contributed by atoms with E-state index in [9.17, 15) is 22.8 Å². The summed E-state index contributed by atoms with van der Waals surface area (Å²) in [6.45, 7) is 1.53. The minimum absolute atomic E-state index is 0.0756. The summed E-state index contributed by atoms with van der Waals surface area (Å²) in [5.41, 5.74) is 0.470. The molecular weight excluding hydrogens is 425 g/mol. The third-order valence-corrected chi connectivity index (χ3v) is 4.66. The van der Waals surface area contributed by atoms with E-state index in [-0.39, 0.29) is 29.5 Å². The normalized spacial score (nSPS) is 11.5. The van der Waals surface area contributed by atoms with E-state index in [1.165, 1.54) is 31.4 Å². The van der Waals surface area contributed by atoms with E-state index in [2.05, 4.69) is 15.6 Å². The monoisotopic (exact) mass is 442 g/mol. The van der Waals surface area contributed by atoms with Gasteiger partial charge in [-0.1, -0.05) is 0 Å². The largest absolute Gasteiger partial charge is 0.467 e. The number of hydrogen-bond acceptors (Lipinski definition) is 4. The standard InChI is InChI=1S/C22H17F3N4O3/c1-13(30)26-16-7-4-14(5-8-16)20(31)28-21-27-18-11-15(22(23,24)25)6-9-19(18)29(21)12-17-3-2-10-32-17/h2-11H,12H2,1H3,(H,26,30)(H,27,28,31). The molecule has 0 atom stereocenters. The summed E-state index contributed by atoms with van der Waals surface area (Å²) in [5, 5.41) is 5.25. The van der Waals surface area contributed by atoms with Crippen LogP contribution in [-0.4, -0.2) is 21.4 Å². The second kappa shape index (κ2) is 8.22. The molecular formula is C22H17F3N4O3. The van der Waals surface area contributed by atoms with Gasteiger partial charge in [-0.3, -0.25) is 14.9 Å². The molecule has 4 rings (SSSR count). The van der Waals surface area contributed by atoms with Crippen LogP contribution in [0.1, 0.15) is 28.6 Å². The summed E-state index contributed by atoms with van der Waals surface area (Å²) in [6, 6.07) is 12.8. The number of halogens is 3. The van der Waals surface area contributed by atoms with Crippen molar-refractivity contribution in [3.8, 4) is 0 Å². The van der Waals surface area contributed by atoms with Gasteiger partial charge in [0, 0.05) is 18.2 Å². The van der Waals surface area contributed by atoms with Crippen molar-refractivity contribution in [1.29, 1.82) is 0 Å². The summed E-state index contributed by atoms with van der Waals surface area (Å²) in [6.07, 6.45) is -3.04. The molecule has 0 radical (unpaired) electrons. The number of anilines is 2. The topological polar surface area (TPSA) is 89.2 Å². The number of amides is 2. The number of rotatable bonds is 5. The second-order valence-corrected chi connectivity index (χ2v) is 7.01. The number of furan rings is 1. The first-order valence-corrected chi connectivity index (χ1v) is 9.49. The van der Waals surface area contributed by atoms with Crippen LogP contribution in [0.15, 0.2) is 65.3 Å². The Morgan fingerprint density at radius 1 is 1.06 bits per heavy atom. The highest BCUT2D eigenvalue weighted by Crippen LogP contribution is 2.32. The maximum Gasteiger partial charge on any atom is 0.416 e. The van der Waals surface area contributed by atoms with Crippen LogP contribution in [0.2, 0.25) is 0 Å². The average Bonchev–Trinajstić information content (AvgIpc) is 3.35. The van der Waals surface area contributed by atoms with Crippen molar-refractivity contribution in [2.45, 2.75) is 19.6 Å². The Morgan fingerprint density at radius 2 is 1.81 bits per heavy atom. The van der Waals surface area contributed by atoms with Gasteiger partial charge in [-0.2, -0.15) is 13.2 Å². The zero-order valence-corrected chi connectivity index (χ0v) is 16.7. The highest BCUT2D eigenvalue weighted by molar-refractivity contribution is 6.04. The Labute approximate surface area is 179 Å². The van der Waals surface area contributed by atoms with Crippen molar-refractivity contribution in [1.82, 2.24) is 9.55 Å². The first kappa shape index (κ1) is 21.2. The molecule has 0 saturated heterocycles. The van der Waals surface area contributed by atoms with E-state index < -0.39 is 17.6 Å². The Balaban J connectivity index is 1.68. The van der Waals surface area contributed by atoms with Crippen LogP contribution in [0, 0.1) is 0 Å². The van der Waals surface area contributed by atoms with Gasteiger partial charge in [0.2, 0.25) is 11.9 Å².